The zero-order chi connectivity index (χ0) is 17.4. The van der Waals surface area contributed by atoms with E-state index in [2.05, 4.69) is 26.2 Å². The largest absolute Gasteiger partial charge is 0.494 e. The van der Waals surface area contributed by atoms with Crippen LogP contribution < -0.4 is 20.5 Å². The van der Waals surface area contributed by atoms with Crippen molar-refractivity contribution in [3.63, 3.8) is 0 Å². The molecular formula is C18H23BrIN3O2. The second-order valence-corrected chi connectivity index (χ2v) is 5.89. The molecule has 0 radical (unpaired) electrons. The zero-order valence-corrected chi connectivity index (χ0v) is 18.2. The maximum Gasteiger partial charge on any atom is 0.193 e. The summed E-state index contributed by atoms with van der Waals surface area (Å²) in [7, 11) is 0. The van der Waals surface area contributed by atoms with Crippen LogP contribution in [-0.4, -0.2) is 19.2 Å². The van der Waals surface area contributed by atoms with E-state index in [0.29, 0.717) is 31.5 Å². The highest BCUT2D eigenvalue weighted by Gasteiger charge is 2.07. The van der Waals surface area contributed by atoms with Crippen LogP contribution >= 0.6 is 39.9 Å². The number of ether oxygens (including phenoxy) is 2. The quantitative estimate of drug-likeness (QED) is 0.313. The van der Waals surface area contributed by atoms with Crippen LogP contribution in [0.25, 0.3) is 0 Å². The maximum absolute atomic E-state index is 6.01. The van der Waals surface area contributed by atoms with Gasteiger partial charge in [0.15, 0.2) is 5.96 Å². The average molecular weight is 520 g/mol. The standard InChI is InChI=1S/C18H22BrN3O2.HI/c1-3-23-15-9-10-17(24-4-2)16(11-15)22-18(20)21-12-13-5-7-14(19)8-6-13;/h5-11H,3-4,12H2,1-2H3,(H3,20,21,22);1H. The van der Waals surface area contributed by atoms with Crippen molar-refractivity contribution in [2.24, 2.45) is 10.7 Å². The monoisotopic (exact) mass is 519 g/mol. The summed E-state index contributed by atoms with van der Waals surface area (Å²) in [5, 5.41) is 3.09. The summed E-state index contributed by atoms with van der Waals surface area (Å²) in [5.41, 5.74) is 7.82. The van der Waals surface area contributed by atoms with E-state index in [9.17, 15) is 0 Å². The molecule has 0 aliphatic carbocycles. The maximum atomic E-state index is 6.01. The number of rotatable bonds is 7. The minimum Gasteiger partial charge on any atom is -0.494 e. The molecule has 2 rings (SSSR count). The molecule has 2 aromatic rings. The van der Waals surface area contributed by atoms with Crippen molar-refractivity contribution in [1.82, 2.24) is 0 Å². The van der Waals surface area contributed by atoms with Gasteiger partial charge < -0.3 is 20.5 Å². The third-order valence-electron chi connectivity index (χ3n) is 3.17. The SMILES string of the molecule is CCOc1ccc(OCC)c(NC(N)=NCc2ccc(Br)cc2)c1.I. The Morgan fingerprint density at radius 1 is 1.08 bits per heavy atom. The number of guanidine groups is 1. The molecule has 0 amide bonds. The number of benzene rings is 2. The first-order valence-electron chi connectivity index (χ1n) is 7.83. The van der Waals surface area contributed by atoms with E-state index >= 15 is 0 Å². The minimum absolute atomic E-state index is 0. The number of nitrogens with two attached hydrogens (primary N) is 1. The Labute approximate surface area is 174 Å². The molecule has 25 heavy (non-hydrogen) atoms. The van der Waals surface area contributed by atoms with Gasteiger partial charge in [0.1, 0.15) is 11.5 Å². The number of nitrogens with one attached hydrogen (secondary N) is 1. The minimum atomic E-state index is 0. The first-order chi connectivity index (χ1) is 11.6. The molecular weight excluding hydrogens is 497 g/mol. The van der Waals surface area contributed by atoms with Crippen LogP contribution in [0.3, 0.4) is 0 Å². The molecule has 0 heterocycles. The van der Waals surface area contributed by atoms with Crippen molar-refractivity contribution < 1.29 is 9.47 Å². The van der Waals surface area contributed by atoms with Gasteiger partial charge in [-0.3, -0.25) is 0 Å². The lowest BCUT2D eigenvalue weighted by atomic mass is 10.2. The van der Waals surface area contributed by atoms with Gasteiger partial charge in [0, 0.05) is 10.5 Å². The van der Waals surface area contributed by atoms with Crippen LogP contribution in [0.1, 0.15) is 19.4 Å². The fraction of sp³-hybridized carbons (Fsp3) is 0.278. The first kappa shape index (κ1) is 21.6. The van der Waals surface area contributed by atoms with E-state index in [-0.39, 0.29) is 24.0 Å². The Kier molecular flexibility index (Phi) is 9.66. The molecule has 0 atom stereocenters. The molecule has 0 saturated carbocycles. The molecule has 3 N–H and O–H groups in total. The molecule has 0 fully saturated rings. The van der Waals surface area contributed by atoms with E-state index in [1.165, 1.54) is 0 Å². The Balaban J connectivity index is 0.00000312. The number of hydrogen-bond acceptors (Lipinski definition) is 3. The predicted octanol–water partition coefficient (Wildman–Crippen LogP) is 4.79. The van der Waals surface area contributed by atoms with Gasteiger partial charge in [-0.25, -0.2) is 4.99 Å². The lowest BCUT2D eigenvalue weighted by molar-refractivity contribution is 0.332. The van der Waals surface area contributed by atoms with Crippen molar-refractivity contribution in [3.8, 4) is 11.5 Å². The topological polar surface area (TPSA) is 68.9 Å². The molecule has 0 bridgehead atoms. The summed E-state index contributed by atoms with van der Waals surface area (Å²) in [6.07, 6.45) is 0. The smallest absolute Gasteiger partial charge is 0.193 e. The van der Waals surface area contributed by atoms with Crippen molar-refractivity contribution in [2.75, 3.05) is 18.5 Å². The molecule has 0 spiro atoms. The summed E-state index contributed by atoms with van der Waals surface area (Å²) >= 11 is 3.41. The van der Waals surface area contributed by atoms with Gasteiger partial charge in [0.2, 0.25) is 0 Å². The third-order valence-corrected chi connectivity index (χ3v) is 3.70. The van der Waals surface area contributed by atoms with Gasteiger partial charge in [0.05, 0.1) is 25.4 Å². The number of hydrogen-bond donors (Lipinski definition) is 2. The summed E-state index contributed by atoms with van der Waals surface area (Å²) in [6, 6.07) is 13.6. The van der Waals surface area contributed by atoms with Gasteiger partial charge in [-0.2, -0.15) is 0 Å². The number of nitrogens with zero attached hydrogens (tertiary/aromatic N) is 1. The zero-order valence-electron chi connectivity index (χ0n) is 14.3. The molecule has 0 aromatic heterocycles. The summed E-state index contributed by atoms with van der Waals surface area (Å²) in [5.74, 6) is 1.79. The highest BCUT2D eigenvalue weighted by atomic mass is 127. The number of aliphatic imine (C=N–C) groups is 1. The Morgan fingerprint density at radius 3 is 2.40 bits per heavy atom. The second-order valence-electron chi connectivity index (χ2n) is 4.98. The van der Waals surface area contributed by atoms with Crippen LogP contribution in [0.5, 0.6) is 11.5 Å². The molecule has 136 valence electrons. The van der Waals surface area contributed by atoms with Gasteiger partial charge in [-0.05, 0) is 43.7 Å². The molecule has 5 nitrogen and oxygen atoms in total. The van der Waals surface area contributed by atoms with E-state index in [1.807, 2.05) is 56.3 Å². The molecule has 0 aliphatic heterocycles. The summed E-state index contributed by atoms with van der Waals surface area (Å²) in [4.78, 5) is 4.37. The third kappa shape index (κ3) is 7.11. The number of halogens is 2. The van der Waals surface area contributed by atoms with Crippen LogP contribution in [-0.2, 0) is 6.54 Å². The van der Waals surface area contributed by atoms with E-state index in [0.717, 1.165) is 21.5 Å². The van der Waals surface area contributed by atoms with Crippen molar-refractivity contribution in [2.45, 2.75) is 20.4 Å². The van der Waals surface area contributed by atoms with Gasteiger partial charge in [0.25, 0.3) is 0 Å². The lowest BCUT2D eigenvalue weighted by Crippen LogP contribution is -2.23. The lowest BCUT2D eigenvalue weighted by Gasteiger charge is -2.14. The van der Waals surface area contributed by atoms with E-state index in [4.69, 9.17) is 15.2 Å². The summed E-state index contributed by atoms with van der Waals surface area (Å²) < 4.78 is 12.2. The Hall–Kier alpha value is -1.48. The predicted molar refractivity (Wildman–Crippen MR) is 117 cm³/mol. The molecule has 0 aliphatic rings. The normalized spacial score (nSPS) is 10.8. The van der Waals surface area contributed by atoms with Crippen LogP contribution in [0, 0.1) is 0 Å². The fourth-order valence-corrected chi connectivity index (χ4v) is 2.35. The first-order valence-corrected chi connectivity index (χ1v) is 8.62. The van der Waals surface area contributed by atoms with Crippen molar-refractivity contribution >= 4 is 51.6 Å². The highest BCUT2D eigenvalue weighted by Crippen LogP contribution is 2.29. The molecule has 0 unspecified atom stereocenters. The van der Waals surface area contributed by atoms with Gasteiger partial charge >= 0.3 is 0 Å². The van der Waals surface area contributed by atoms with Crippen molar-refractivity contribution in [1.29, 1.82) is 0 Å². The molecule has 2 aromatic carbocycles. The Morgan fingerprint density at radius 2 is 1.76 bits per heavy atom. The summed E-state index contributed by atoms with van der Waals surface area (Å²) in [6.45, 7) is 5.54. The average Bonchev–Trinajstić information content (AvgIpc) is 2.57. The van der Waals surface area contributed by atoms with E-state index < -0.39 is 0 Å². The Bertz CT molecular complexity index is 693. The second kappa shape index (κ2) is 11.2. The number of anilines is 1. The fourth-order valence-electron chi connectivity index (χ4n) is 2.09. The van der Waals surface area contributed by atoms with E-state index in [1.54, 1.807) is 0 Å². The molecule has 0 saturated heterocycles. The highest BCUT2D eigenvalue weighted by molar-refractivity contribution is 14.0. The van der Waals surface area contributed by atoms with Crippen LogP contribution in [0.4, 0.5) is 5.69 Å². The van der Waals surface area contributed by atoms with Crippen LogP contribution in [0.2, 0.25) is 0 Å². The molecule has 7 heteroatoms. The van der Waals surface area contributed by atoms with Gasteiger partial charge in [-0.1, -0.05) is 28.1 Å². The van der Waals surface area contributed by atoms with Crippen LogP contribution in [0.15, 0.2) is 51.9 Å². The van der Waals surface area contributed by atoms with Gasteiger partial charge in [-0.15, -0.1) is 24.0 Å². The van der Waals surface area contributed by atoms with Crippen molar-refractivity contribution in [3.05, 3.63) is 52.5 Å².